The highest BCUT2D eigenvalue weighted by Crippen LogP contribution is 2.06. The number of carbonyl (C=O) groups is 2. The summed E-state index contributed by atoms with van der Waals surface area (Å²) in [5.41, 5.74) is 0. The van der Waals surface area contributed by atoms with Gasteiger partial charge in [0.15, 0.2) is 10.2 Å². The van der Waals surface area contributed by atoms with Gasteiger partial charge in [-0.05, 0) is 12.8 Å². The molecule has 0 heterocycles. The lowest BCUT2D eigenvalue weighted by molar-refractivity contribution is -0.109. The average molecular weight is 232 g/mol. The molecule has 0 aromatic heterocycles. The second-order valence-corrected chi connectivity index (χ2v) is 5.27. The van der Waals surface area contributed by atoms with Crippen molar-refractivity contribution in [3.05, 3.63) is 12.2 Å². The Morgan fingerprint density at radius 2 is 1.29 bits per heavy atom. The molecule has 0 spiro atoms. The molecule has 0 saturated carbocycles. The van der Waals surface area contributed by atoms with Gasteiger partial charge in [-0.1, -0.05) is 35.7 Å². The molecule has 0 fully saturated rings. The zero-order chi connectivity index (χ0) is 10.8. The van der Waals surface area contributed by atoms with Gasteiger partial charge in [0.05, 0.1) is 0 Å². The lowest BCUT2D eigenvalue weighted by Crippen LogP contribution is -1.85. The summed E-state index contributed by atoms with van der Waals surface area (Å²) in [6, 6.07) is 0. The lowest BCUT2D eigenvalue weighted by atomic mass is 10.3. The molecule has 0 unspecified atom stereocenters. The Bertz CT molecular complexity index is 190. The predicted octanol–water partition coefficient (Wildman–Crippen LogP) is 2.88. The molecule has 0 bridgehead atoms. The van der Waals surface area contributed by atoms with E-state index in [1.165, 1.54) is 23.5 Å². The van der Waals surface area contributed by atoms with Gasteiger partial charge in [0.2, 0.25) is 0 Å². The van der Waals surface area contributed by atoms with Crippen LogP contribution in [0.25, 0.3) is 0 Å². The first kappa shape index (κ1) is 13.8. The van der Waals surface area contributed by atoms with Crippen molar-refractivity contribution < 1.29 is 9.59 Å². The smallest absolute Gasteiger partial charge is 0.185 e. The summed E-state index contributed by atoms with van der Waals surface area (Å²) >= 11 is 2.70. The highest BCUT2D eigenvalue weighted by Gasteiger charge is 1.92. The molecule has 0 amide bonds. The summed E-state index contributed by atoms with van der Waals surface area (Å²) in [5.74, 6) is 1.71. The molecule has 0 aromatic carbocycles. The molecular formula is C10H16O2S2. The number of hydrogen-bond acceptors (Lipinski definition) is 4. The molecule has 80 valence electrons. The van der Waals surface area contributed by atoms with Gasteiger partial charge < -0.3 is 0 Å². The van der Waals surface area contributed by atoms with Crippen molar-refractivity contribution in [1.29, 1.82) is 0 Å². The molecule has 0 radical (unpaired) electrons. The van der Waals surface area contributed by atoms with Crippen LogP contribution in [0.1, 0.15) is 26.7 Å². The van der Waals surface area contributed by atoms with Crippen LogP contribution < -0.4 is 0 Å². The minimum Gasteiger partial charge on any atom is -0.288 e. The van der Waals surface area contributed by atoms with E-state index in [1.807, 2.05) is 0 Å². The van der Waals surface area contributed by atoms with Crippen LogP contribution in [0.15, 0.2) is 12.2 Å². The van der Waals surface area contributed by atoms with Gasteiger partial charge in [-0.2, -0.15) is 0 Å². The Kier molecular flexibility index (Phi) is 9.19. The molecule has 0 aliphatic heterocycles. The van der Waals surface area contributed by atoms with Crippen LogP contribution in [0.2, 0.25) is 0 Å². The van der Waals surface area contributed by atoms with E-state index >= 15 is 0 Å². The highest BCUT2D eigenvalue weighted by molar-refractivity contribution is 8.13. The highest BCUT2D eigenvalue weighted by atomic mass is 32.2. The number of thioether (sulfide) groups is 2. The number of rotatable bonds is 6. The summed E-state index contributed by atoms with van der Waals surface area (Å²) in [7, 11) is 0. The number of carbonyl (C=O) groups excluding carboxylic acids is 2. The fourth-order valence-electron chi connectivity index (χ4n) is 0.777. The Hall–Kier alpha value is -0.220. The molecule has 0 rings (SSSR count). The van der Waals surface area contributed by atoms with E-state index in [0.29, 0.717) is 0 Å². The van der Waals surface area contributed by atoms with E-state index in [9.17, 15) is 9.59 Å². The third kappa shape index (κ3) is 11.8. The molecule has 0 aliphatic rings. The first-order chi connectivity index (χ1) is 6.63. The Morgan fingerprint density at radius 1 is 0.929 bits per heavy atom. The van der Waals surface area contributed by atoms with Gasteiger partial charge in [0.1, 0.15) is 0 Å². The fraction of sp³-hybridized carbons (Fsp3) is 0.600. The summed E-state index contributed by atoms with van der Waals surface area (Å²) in [6.07, 6.45) is 5.98. The van der Waals surface area contributed by atoms with Crippen LogP contribution in [0.4, 0.5) is 0 Å². The maximum Gasteiger partial charge on any atom is 0.185 e. The predicted molar refractivity (Wildman–Crippen MR) is 64.7 cm³/mol. The largest absolute Gasteiger partial charge is 0.288 e. The first-order valence-electron chi connectivity index (χ1n) is 4.54. The summed E-state index contributed by atoms with van der Waals surface area (Å²) in [5, 5.41) is 0.344. The van der Waals surface area contributed by atoms with E-state index in [2.05, 4.69) is 12.2 Å². The van der Waals surface area contributed by atoms with Gasteiger partial charge in [0, 0.05) is 25.4 Å². The molecule has 0 atom stereocenters. The maximum atomic E-state index is 10.6. The van der Waals surface area contributed by atoms with Crippen molar-refractivity contribution in [1.82, 2.24) is 0 Å². The van der Waals surface area contributed by atoms with Crippen LogP contribution in [-0.2, 0) is 9.59 Å². The molecule has 0 aliphatic carbocycles. The summed E-state index contributed by atoms with van der Waals surface area (Å²) in [6.45, 7) is 3.16. The normalized spacial score (nSPS) is 10.7. The second kappa shape index (κ2) is 9.34. The lowest BCUT2D eigenvalue weighted by Gasteiger charge is -1.92. The van der Waals surface area contributed by atoms with Crippen LogP contribution in [0.3, 0.4) is 0 Å². The van der Waals surface area contributed by atoms with E-state index in [4.69, 9.17) is 0 Å². The van der Waals surface area contributed by atoms with E-state index in [-0.39, 0.29) is 10.2 Å². The Labute approximate surface area is 93.9 Å². The van der Waals surface area contributed by atoms with Crippen LogP contribution in [0, 0.1) is 0 Å². The SMILES string of the molecule is CC(=O)SCC/C=C/CCSC(C)=O. The molecule has 14 heavy (non-hydrogen) atoms. The minimum atomic E-state index is 0.172. The minimum absolute atomic E-state index is 0.172. The van der Waals surface area contributed by atoms with Crippen molar-refractivity contribution in [2.45, 2.75) is 26.7 Å². The summed E-state index contributed by atoms with van der Waals surface area (Å²) in [4.78, 5) is 21.1. The Morgan fingerprint density at radius 3 is 1.57 bits per heavy atom. The molecule has 2 nitrogen and oxygen atoms in total. The molecule has 0 N–H and O–H groups in total. The third-order valence-corrected chi connectivity index (χ3v) is 3.04. The number of allylic oxidation sites excluding steroid dienone is 2. The van der Waals surface area contributed by atoms with Gasteiger partial charge in [-0.15, -0.1) is 0 Å². The average Bonchev–Trinajstić information content (AvgIpc) is 2.08. The van der Waals surface area contributed by atoms with Crippen LogP contribution in [-0.4, -0.2) is 21.7 Å². The zero-order valence-corrected chi connectivity index (χ0v) is 10.2. The van der Waals surface area contributed by atoms with Crippen LogP contribution in [0.5, 0.6) is 0 Å². The van der Waals surface area contributed by atoms with Crippen molar-refractivity contribution in [2.75, 3.05) is 11.5 Å². The molecule has 4 heteroatoms. The van der Waals surface area contributed by atoms with E-state index in [1.54, 1.807) is 13.8 Å². The molecule has 0 aromatic rings. The monoisotopic (exact) mass is 232 g/mol. The first-order valence-corrected chi connectivity index (χ1v) is 6.51. The molecule has 0 saturated heterocycles. The topological polar surface area (TPSA) is 34.1 Å². The van der Waals surface area contributed by atoms with Gasteiger partial charge in [-0.25, -0.2) is 0 Å². The Balaban J connectivity index is 3.19. The zero-order valence-electron chi connectivity index (χ0n) is 8.62. The third-order valence-electron chi connectivity index (χ3n) is 1.35. The number of hydrogen-bond donors (Lipinski definition) is 0. The van der Waals surface area contributed by atoms with Gasteiger partial charge in [-0.3, -0.25) is 9.59 Å². The van der Waals surface area contributed by atoms with E-state index in [0.717, 1.165) is 24.3 Å². The van der Waals surface area contributed by atoms with Crippen molar-refractivity contribution in [3.63, 3.8) is 0 Å². The molecular weight excluding hydrogens is 216 g/mol. The second-order valence-electron chi connectivity index (χ2n) is 2.73. The van der Waals surface area contributed by atoms with E-state index < -0.39 is 0 Å². The maximum absolute atomic E-state index is 10.6. The summed E-state index contributed by atoms with van der Waals surface area (Å²) < 4.78 is 0. The fourth-order valence-corrected chi connectivity index (χ4v) is 1.86. The van der Waals surface area contributed by atoms with Gasteiger partial charge in [0.25, 0.3) is 0 Å². The van der Waals surface area contributed by atoms with Crippen molar-refractivity contribution >= 4 is 33.8 Å². The quantitative estimate of drug-likeness (QED) is 0.521. The van der Waals surface area contributed by atoms with Gasteiger partial charge >= 0.3 is 0 Å². The van der Waals surface area contributed by atoms with Crippen molar-refractivity contribution in [3.8, 4) is 0 Å². The van der Waals surface area contributed by atoms with Crippen molar-refractivity contribution in [2.24, 2.45) is 0 Å². The van der Waals surface area contributed by atoms with Crippen LogP contribution >= 0.6 is 23.5 Å². The standard InChI is InChI=1S/C10H16O2S2/c1-9(11)13-7-5-3-4-6-8-14-10(2)12/h3-4H,5-8H2,1-2H3/b4-3+.